The van der Waals surface area contributed by atoms with Gasteiger partial charge >= 0.3 is 0 Å². The SMILES string of the molecule is COC(C)(C)CC(=O)Nc1c(C(N)=NO)cnn1C. The number of anilines is 1. The molecule has 0 unspecified atom stereocenters. The lowest BCUT2D eigenvalue weighted by molar-refractivity contribution is -0.121. The molecule has 1 heterocycles. The zero-order valence-corrected chi connectivity index (χ0v) is 11.5. The van der Waals surface area contributed by atoms with Gasteiger partial charge in [0.25, 0.3) is 0 Å². The van der Waals surface area contributed by atoms with Crippen molar-refractivity contribution in [3.8, 4) is 0 Å². The van der Waals surface area contributed by atoms with Crippen molar-refractivity contribution in [1.82, 2.24) is 9.78 Å². The quantitative estimate of drug-likeness (QED) is 0.307. The Kier molecular flexibility index (Phi) is 4.49. The highest BCUT2D eigenvalue weighted by Crippen LogP contribution is 2.17. The number of nitrogens with two attached hydrogens (primary N) is 1. The van der Waals surface area contributed by atoms with Gasteiger partial charge in [-0.2, -0.15) is 5.10 Å². The third kappa shape index (κ3) is 3.68. The largest absolute Gasteiger partial charge is 0.409 e. The van der Waals surface area contributed by atoms with Crippen LogP contribution in [0.4, 0.5) is 5.82 Å². The number of hydrogen-bond acceptors (Lipinski definition) is 5. The highest BCUT2D eigenvalue weighted by atomic mass is 16.5. The Labute approximate surface area is 111 Å². The molecule has 0 radical (unpaired) electrons. The summed E-state index contributed by atoms with van der Waals surface area (Å²) in [4.78, 5) is 11.9. The number of nitrogens with one attached hydrogen (secondary N) is 1. The predicted octanol–water partition coefficient (Wildman–Crippen LogP) is 0.268. The maximum atomic E-state index is 11.9. The Morgan fingerprint density at radius 1 is 1.68 bits per heavy atom. The van der Waals surface area contributed by atoms with Gasteiger partial charge in [-0.3, -0.25) is 9.48 Å². The predicted molar refractivity (Wildman–Crippen MR) is 70.1 cm³/mol. The fraction of sp³-hybridized carbons (Fsp3) is 0.545. The second-order valence-corrected chi connectivity index (χ2v) is 4.70. The van der Waals surface area contributed by atoms with Crippen LogP contribution >= 0.6 is 0 Å². The lowest BCUT2D eigenvalue weighted by atomic mass is 10.0. The zero-order chi connectivity index (χ0) is 14.6. The fourth-order valence-electron chi connectivity index (χ4n) is 1.46. The molecule has 0 atom stereocenters. The van der Waals surface area contributed by atoms with Gasteiger partial charge in [-0.25, -0.2) is 0 Å². The number of oxime groups is 1. The van der Waals surface area contributed by atoms with E-state index in [0.29, 0.717) is 11.4 Å². The van der Waals surface area contributed by atoms with Crippen molar-refractivity contribution in [2.24, 2.45) is 17.9 Å². The molecular weight excluding hydrogens is 250 g/mol. The first kappa shape index (κ1) is 15.0. The van der Waals surface area contributed by atoms with Crippen molar-refractivity contribution in [3.63, 3.8) is 0 Å². The summed E-state index contributed by atoms with van der Waals surface area (Å²) in [5.41, 5.74) is 5.29. The van der Waals surface area contributed by atoms with Crippen LogP contribution in [0.25, 0.3) is 0 Å². The average molecular weight is 269 g/mol. The van der Waals surface area contributed by atoms with Crippen LogP contribution in [0, 0.1) is 0 Å². The number of nitrogens with zero attached hydrogens (tertiary/aromatic N) is 3. The Balaban J connectivity index is 2.88. The molecule has 106 valence electrons. The molecule has 0 fully saturated rings. The Hall–Kier alpha value is -2.09. The van der Waals surface area contributed by atoms with Crippen molar-refractivity contribution in [1.29, 1.82) is 0 Å². The van der Waals surface area contributed by atoms with E-state index in [4.69, 9.17) is 15.7 Å². The molecule has 1 aromatic rings. The van der Waals surface area contributed by atoms with Gasteiger partial charge in [-0.1, -0.05) is 5.16 Å². The van der Waals surface area contributed by atoms with E-state index in [-0.39, 0.29) is 18.2 Å². The summed E-state index contributed by atoms with van der Waals surface area (Å²) in [5, 5.41) is 18.2. The second kappa shape index (κ2) is 5.70. The average Bonchev–Trinajstić information content (AvgIpc) is 2.69. The topological polar surface area (TPSA) is 115 Å². The summed E-state index contributed by atoms with van der Waals surface area (Å²) in [6.45, 7) is 3.61. The van der Waals surface area contributed by atoms with Gasteiger partial charge in [0.15, 0.2) is 5.84 Å². The van der Waals surface area contributed by atoms with Crippen molar-refractivity contribution in [3.05, 3.63) is 11.8 Å². The highest BCUT2D eigenvalue weighted by molar-refractivity contribution is 6.04. The summed E-state index contributed by atoms with van der Waals surface area (Å²) in [7, 11) is 3.18. The minimum absolute atomic E-state index is 0.116. The molecule has 0 aromatic carbocycles. The minimum Gasteiger partial charge on any atom is -0.409 e. The number of carbonyl (C=O) groups excluding carboxylic acids is 1. The van der Waals surface area contributed by atoms with Crippen LogP contribution in [0.5, 0.6) is 0 Å². The molecule has 8 nitrogen and oxygen atoms in total. The summed E-state index contributed by atoms with van der Waals surface area (Å²) >= 11 is 0. The van der Waals surface area contributed by atoms with E-state index < -0.39 is 5.60 Å². The highest BCUT2D eigenvalue weighted by Gasteiger charge is 2.23. The minimum atomic E-state index is -0.570. The number of aryl methyl sites for hydroxylation is 1. The van der Waals surface area contributed by atoms with Gasteiger partial charge in [0.2, 0.25) is 5.91 Å². The molecule has 0 spiro atoms. The third-order valence-electron chi connectivity index (χ3n) is 2.72. The first-order chi connectivity index (χ1) is 8.80. The first-order valence-corrected chi connectivity index (χ1v) is 5.65. The van der Waals surface area contributed by atoms with Crippen LogP contribution in [-0.4, -0.2) is 39.4 Å². The Bertz CT molecular complexity index is 493. The van der Waals surface area contributed by atoms with Crippen LogP contribution in [0.1, 0.15) is 25.8 Å². The molecule has 8 heteroatoms. The van der Waals surface area contributed by atoms with Crippen molar-refractivity contribution >= 4 is 17.6 Å². The molecule has 1 aromatic heterocycles. The van der Waals surface area contributed by atoms with Crippen LogP contribution in [-0.2, 0) is 16.6 Å². The monoisotopic (exact) mass is 269 g/mol. The van der Waals surface area contributed by atoms with E-state index in [1.807, 2.05) is 0 Å². The molecule has 1 amide bonds. The standard InChI is InChI=1S/C11H19N5O3/c1-11(2,19-4)5-8(17)14-10-7(9(12)15-18)6-13-16(10)3/h6,18H,5H2,1-4H3,(H2,12,15)(H,14,17). The van der Waals surface area contributed by atoms with Crippen LogP contribution in [0.15, 0.2) is 11.4 Å². The van der Waals surface area contributed by atoms with Crippen molar-refractivity contribution < 1.29 is 14.7 Å². The number of aromatic nitrogens is 2. The van der Waals surface area contributed by atoms with Gasteiger partial charge in [-0.15, -0.1) is 0 Å². The molecule has 0 aliphatic rings. The van der Waals surface area contributed by atoms with E-state index in [2.05, 4.69) is 15.6 Å². The number of ether oxygens (including phenoxy) is 1. The summed E-state index contributed by atoms with van der Waals surface area (Å²) in [5.74, 6) is 0.00374. The third-order valence-corrected chi connectivity index (χ3v) is 2.72. The molecule has 0 aliphatic carbocycles. The van der Waals surface area contributed by atoms with Gasteiger partial charge in [0, 0.05) is 14.2 Å². The summed E-state index contributed by atoms with van der Waals surface area (Å²) in [6, 6.07) is 0. The normalized spacial score (nSPS) is 12.5. The fourth-order valence-corrected chi connectivity index (χ4v) is 1.46. The van der Waals surface area contributed by atoms with E-state index in [1.165, 1.54) is 10.9 Å². The lowest BCUT2D eigenvalue weighted by Crippen LogP contribution is -2.30. The summed E-state index contributed by atoms with van der Waals surface area (Å²) in [6.07, 6.45) is 1.58. The molecular formula is C11H19N5O3. The number of amidine groups is 1. The van der Waals surface area contributed by atoms with Crippen LogP contribution in [0.2, 0.25) is 0 Å². The number of rotatable bonds is 5. The molecule has 1 rings (SSSR count). The molecule has 0 saturated heterocycles. The number of hydrogen-bond donors (Lipinski definition) is 3. The first-order valence-electron chi connectivity index (χ1n) is 5.65. The number of carbonyl (C=O) groups is 1. The van der Waals surface area contributed by atoms with Crippen LogP contribution in [0.3, 0.4) is 0 Å². The van der Waals surface area contributed by atoms with Crippen molar-refractivity contribution in [2.75, 3.05) is 12.4 Å². The smallest absolute Gasteiger partial charge is 0.228 e. The van der Waals surface area contributed by atoms with E-state index in [0.717, 1.165) is 0 Å². The maximum Gasteiger partial charge on any atom is 0.228 e. The van der Waals surface area contributed by atoms with Crippen molar-refractivity contribution in [2.45, 2.75) is 25.9 Å². The van der Waals surface area contributed by atoms with Crippen LogP contribution < -0.4 is 11.1 Å². The van der Waals surface area contributed by atoms with E-state index in [9.17, 15) is 4.79 Å². The van der Waals surface area contributed by atoms with E-state index in [1.54, 1.807) is 28.0 Å². The molecule has 0 aliphatic heterocycles. The lowest BCUT2D eigenvalue weighted by Gasteiger charge is -2.22. The van der Waals surface area contributed by atoms with E-state index >= 15 is 0 Å². The molecule has 0 bridgehead atoms. The second-order valence-electron chi connectivity index (χ2n) is 4.70. The van der Waals surface area contributed by atoms with Gasteiger partial charge in [0.1, 0.15) is 5.82 Å². The summed E-state index contributed by atoms with van der Waals surface area (Å²) < 4.78 is 6.62. The number of methoxy groups -OCH3 is 1. The molecule has 0 saturated carbocycles. The maximum absolute atomic E-state index is 11.9. The molecule has 19 heavy (non-hydrogen) atoms. The number of amides is 1. The zero-order valence-electron chi connectivity index (χ0n) is 11.5. The van der Waals surface area contributed by atoms with Gasteiger partial charge < -0.3 is 21.0 Å². The Morgan fingerprint density at radius 2 is 2.32 bits per heavy atom. The molecule has 4 N–H and O–H groups in total. The van der Waals surface area contributed by atoms with Gasteiger partial charge in [-0.05, 0) is 13.8 Å². The Morgan fingerprint density at radius 3 is 2.84 bits per heavy atom. The van der Waals surface area contributed by atoms with Gasteiger partial charge in [0.05, 0.1) is 23.8 Å².